The van der Waals surface area contributed by atoms with Crippen LogP contribution in [-0.4, -0.2) is 65.7 Å². The molecule has 6 nitrogen and oxygen atoms in total. The third-order valence-corrected chi connectivity index (χ3v) is 5.01. The van der Waals surface area contributed by atoms with Gasteiger partial charge in [-0.2, -0.15) is 0 Å². The normalized spacial score (nSPS) is 25.9. The maximum absolute atomic E-state index is 12.1. The molecule has 3 rings (SSSR count). The van der Waals surface area contributed by atoms with E-state index in [-0.39, 0.29) is 12.6 Å². The number of piperazine rings is 1. The summed E-state index contributed by atoms with van der Waals surface area (Å²) in [6.45, 7) is 3.67. The van der Waals surface area contributed by atoms with Gasteiger partial charge in [-0.3, -0.25) is 9.69 Å². The van der Waals surface area contributed by atoms with Gasteiger partial charge >= 0.3 is 12.0 Å². The molecule has 0 bridgehead atoms. The molecule has 0 aromatic carbocycles. The lowest BCUT2D eigenvalue weighted by Crippen LogP contribution is -2.55. The number of carbonyl (C=O) groups is 2. The van der Waals surface area contributed by atoms with Crippen LogP contribution in [0, 0.1) is 5.41 Å². The first-order valence-corrected chi connectivity index (χ1v) is 7.61. The van der Waals surface area contributed by atoms with E-state index in [4.69, 9.17) is 0 Å². The number of hydrogen-bond donors (Lipinski definition) is 2. The van der Waals surface area contributed by atoms with Crippen molar-refractivity contribution < 1.29 is 14.7 Å². The van der Waals surface area contributed by atoms with Crippen LogP contribution in [0.4, 0.5) is 4.79 Å². The third kappa shape index (κ3) is 2.61. The van der Waals surface area contributed by atoms with Crippen molar-refractivity contribution in [1.82, 2.24) is 15.1 Å². The molecule has 6 heteroatoms. The minimum absolute atomic E-state index is 0.104. The van der Waals surface area contributed by atoms with Gasteiger partial charge < -0.3 is 15.3 Å². The largest absolute Gasteiger partial charge is 0.481 e. The fraction of sp³-hybridized carbons (Fsp3) is 0.857. The molecule has 1 saturated heterocycles. The van der Waals surface area contributed by atoms with Crippen LogP contribution in [0.25, 0.3) is 0 Å². The Morgan fingerprint density at radius 1 is 1.15 bits per heavy atom. The van der Waals surface area contributed by atoms with Crippen molar-refractivity contribution in [1.29, 1.82) is 0 Å². The molecular weight excluding hydrogens is 258 g/mol. The maximum atomic E-state index is 12.1. The first-order valence-electron chi connectivity index (χ1n) is 7.61. The van der Waals surface area contributed by atoms with Gasteiger partial charge in [0, 0.05) is 38.8 Å². The molecule has 3 fully saturated rings. The van der Waals surface area contributed by atoms with E-state index in [2.05, 4.69) is 10.2 Å². The van der Waals surface area contributed by atoms with Crippen LogP contribution in [0.3, 0.4) is 0 Å². The lowest BCUT2D eigenvalue weighted by atomic mass is 9.69. The Hall–Kier alpha value is -1.30. The monoisotopic (exact) mass is 281 g/mol. The molecule has 0 aromatic heterocycles. The Bertz CT molecular complexity index is 396. The zero-order chi connectivity index (χ0) is 14.2. The van der Waals surface area contributed by atoms with Crippen LogP contribution in [0.5, 0.6) is 0 Å². The van der Waals surface area contributed by atoms with E-state index >= 15 is 0 Å². The summed E-state index contributed by atoms with van der Waals surface area (Å²) in [5.41, 5.74) is -0.703. The number of aliphatic carboxylic acids is 1. The van der Waals surface area contributed by atoms with E-state index in [1.54, 1.807) is 0 Å². The molecule has 0 unspecified atom stereocenters. The minimum Gasteiger partial charge on any atom is -0.481 e. The highest BCUT2D eigenvalue weighted by Gasteiger charge is 2.44. The van der Waals surface area contributed by atoms with Crippen LogP contribution in [-0.2, 0) is 4.79 Å². The van der Waals surface area contributed by atoms with Gasteiger partial charge in [0.25, 0.3) is 0 Å². The average Bonchev–Trinajstić information content (AvgIpc) is 3.21. The van der Waals surface area contributed by atoms with Gasteiger partial charge in [0.15, 0.2) is 0 Å². The molecule has 1 heterocycles. The standard InChI is InChI=1S/C14H23N3O3/c18-12(19)14(4-1-5-14)10-15-13(20)17-8-6-16(7-9-17)11-2-3-11/h11H,1-10H2,(H,15,20)(H,18,19). The van der Waals surface area contributed by atoms with Gasteiger partial charge in [0.2, 0.25) is 0 Å². The van der Waals surface area contributed by atoms with Crippen molar-refractivity contribution in [3.05, 3.63) is 0 Å². The zero-order valence-corrected chi connectivity index (χ0v) is 11.8. The van der Waals surface area contributed by atoms with Gasteiger partial charge in [-0.25, -0.2) is 4.79 Å². The first kappa shape index (κ1) is 13.7. The molecule has 2 saturated carbocycles. The average molecular weight is 281 g/mol. The predicted molar refractivity (Wildman–Crippen MR) is 73.5 cm³/mol. The van der Waals surface area contributed by atoms with Crippen molar-refractivity contribution in [3.63, 3.8) is 0 Å². The van der Waals surface area contributed by atoms with Crippen LogP contribution < -0.4 is 5.32 Å². The Balaban J connectivity index is 1.44. The summed E-state index contributed by atoms with van der Waals surface area (Å²) in [5.74, 6) is -0.775. The molecular formula is C14H23N3O3. The van der Waals surface area contributed by atoms with E-state index in [1.807, 2.05) is 4.90 Å². The van der Waals surface area contributed by atoms with Crippen molar-refractivity contribution in [2.24, 2.45) is 5.41 Å². The summed E-state index contributed by atoms with van der Waals surface area (Å²) < 4.78 is 0. The van der Waals surface area contributed by atoms with Crippen molar-refractivity contribution in [2.75, 3.05) is 32.7 Å². The van der Waals surface area contributed by atoms with Crippen molar-refractivity contribution >= 4 is 12.0 Å². The molecule has 1 aliphatic heterocycles. The summed E-state index contributed by atoms with van der Waals surface area (Å²) in [4.78, 5) is 27.6. The minimum atomic E-state index is -0.775. The summed E-state index contributed by atoms with van der Waals surface area (Å²) in [6.07, 6.45) is 4.90. The second kappa shape index (κ2) is 5.24. The van der Waals surface area contributed by atoms with Crippen LogP contribution in [0.2, 0.25) is 0 Å². The number of carboxylic acids is 1. The first-order chi connectivity index (χ1) is 9.61. The summed E-state index contributed by atoms with van der Waals surface area (Å²) >= 11 is 0. The highest BCUT2D eigenvalue weighted by molar-refractivity contribution is 5.79. The van der Waals surface area contributed by atoms with E-state index < -0.39 is 11.4 Å². The maximum Gasteiger partial charge on any atom is 0.317 e. The van der Waals surface area contributed by atoms with Gasteiger partial charge in [-0.1, -0.05) is 6.42 Å². The number of nitrogens with one attached hydrogen (secondary N) is 1. The lowest BCUT2D eigenvalue weighted by molar-refractivity contribution is -0.153. The smallest absolute Gasteiger partial charge is 0.317 e. The number of carbonyl (C=O) groups excluding carboxylic acids is 1. The molecule has 2 N–H and O–H groups in total. The number of urea groups is 1. The number of rotatable bonds is 4. The molecule has 2 aliphatic carbocycles. The van der Waals surface area contributed by atoms with Crippen molar-refractivity contribution in [2.45, 2.75) is 38.1 Å². The van der Waals surface area contributed by atoms with Crippen LogP contribution in [0.1, 0.15) is 32.1 Å². The SMILES string of the molecule is O=C(NCC1(C(=O)O)CCC1)N1CCN(C2CC2)CC1. The summed E-state index contributed by atoms with van der Waals surface area (Å²) in [5, 5.41) is 12.1. The summed E-state index contributed by atoms with van der Waals surface area (Å²) in [7, 11) is 0. The molecule has 3 aliphatic rings. The number of hydrogen-bond acceptors (Lipinski definition) is 3. The molecule has 20 heavy (non-hydrogen) atoms. The van der Waals surface area contributed by atoms with Crippen LogP contribution >= 0.6 is 0 Å². The Morgan fingerprint density at radius 2 is 1.80 bits per heavy atom. The highest BCUT2D eigenvalue weighted by atomic mass is 16.4. The number of nitrogens with zero attached hydrogens (tertiary/aromatic N) is 2. The second-order valence-corrected chi connectivity index (χ2v) is 6.35. The molecule has 2 amide bonds. The fourth-order valence-corrected chi connectivity index (χ4v) is 3.16. The van der Waals surface area contributed by atoms with E-state index in [1.165, 1.54) is 12.8 Å². The molecule has 0 radical (unpaired) electrons. The van der Waals surface area contributed by atoms with E-state index in [0.717, 1.165) is 38.6 Å². The molecule has 112 valence electrons. The van der Waals surface area contributed by atoms with Crippen molar-refractivity contribution in [3.8, 4) is 0 Å². The van der Waals surface area contributed by atoms with E-state index in [0.29, 0.717) is 12.8 Å². The number of carboxylic acid groups (broad SMARTS) is 1. The van der Waals surface area contributed by atoms with Crippen LogP contribution in [0.15, 0.2) is 0 Å². The van der Waals surface area contributed by atoms with Gasteiger partial charge in [0.1, 0.15) is 0 Å². The molecule has 0 atom stereocenters. The highest BCUT2D eigenvalue weighted by Crippen LogP contribution is 2.40. The Kier molecular flexibility index (Phi) is 3.58. The molecule has 0 spiro atoms. The topological polar surface area (TPSA) is 72.9 Å². The third-order valence-electron chi connectivity index (χ3n) is 5.01. The number of amides is 2. The zero-order valence-electron chi connectivity index (χ0n) is 11.8. The quantitative estimate of drug-likeness (QED) is 0.797. The fourth-order valence-electron chi connectivity index (χ4n) is 3.16. The second-order valence-electron chi connectivity index (χ2n) is 6.35. The molecule has 0 aromatic rings. The van der Waals surface area contributed by atoms with Gasteiger partial charge in [-0.05, 0) is 25.7 Å². The van der Waals surface area contributed by atoms with E-state index in [9.17, 15) is 14.7 Å². The summed E-state index contributed by atoms with van der Waals surface area (Å²) in [6, 6.07) is 0.651. The van der Waals surface area contributed by atoms with Gasteiger partial charge in [-0.15, -0.1) is 0 Å². The Morgan fingerprint density at radius 3 is 2.25 bits per heavy atom. The lowest BCUT2D eigenvalue weighted by Gasteiger charge is -2.39. The van der Waals surface area contributed by atoms with Gasteiger partial charge in [0.05, 0.1) is 5.41 Å². The Labute approximate surface area is 119 Å². The predicted octanol–water partition coefficient (Wildman–Crippen LogP) is 0.731.